The highest BCUT2D eigenvalue weighted by Gasteiger charge is 2.05. The first-order valence-electron chi connectivity index (χ1n) is 5.13. The molecule has 0 aliphatic heterocycles. The molecule has 0 saturated heterocycles. The number of hydrogen-bond acceptors (Lipinski definition) is 2. The van der Waals surface area contributed by atoms with Crippen LogP contribution < -0.4 is 5.32 Å². The third kappa shape index (κ3) is 6.66. The van der Waals surface area contributed by atoms with E-state index in [1.807, 2.05) is 6.92 Å². The summed E-state index contributed by atoms with van der Waals surface area (Å²) in [5.74, 6) is -0.101. The fraction of sp³-hybridized carbons (Fsp3) is 0.727. The predicted molar refractivity (Wildman–Crippen MR) is 58.1 cm³/mol. The lowest BCUT2D eigenvalue weighted by Crippen LogP contribution is -2.32. The number of unbranched alkanes of at least 4 members (excludes halogenated alkanes) is 1. The summed E-state index contributed by atoms with van der Waals surface area (Å²) < 4.78 is 5.47. The van der Waals surface area contributed by atoms with Gasteiger partial charge in [0.15, 0.2) is 0 Å². The topological polar surface area (TPSA) is 38.3 Å². The quantitative estimate of drug-likeness (QED) is 0.502. The summed E-state index contributed by atoms with van der Waals surface area (Å²) >= 11 is 0. The van der Waals surface area contributed by atoms with Gasteiger partial charge in [-0.25, -0.2) is 0 Å². The zero-order chi connectivity index (χ0) is 11.0. The number of carbonyl (C=O) groups is 1. The van der Waals surface area contributed by atoms with E-state index >= 15 is 0 Å². The van der Waals surface area contributed by atoms with Gasteiger partial charge in [-0.2, -0.15) is 0 Å². The molecule has 0 fully saturated rings. The van der Waals surface area contributed by atoms with E-state index in [2.05, 4.69) is 18.8 Å². The lowest BCUT2D eigenvalue weighted by Gasteiger charge is -2.13. The molecular formula is C11H21NO2. The minimum absolute atomic E-state index is 0.0739. The Morgan fingerprint density at radius 3 is 2.71 bits per heavy atom. The van der Waals surface area contributed by atoms with Gasteiger partial charge in [0.1, 0.15) is 0 Å². The molecule has 3 nitrogen and oxygen atoms in total. The SMILES string of the molecule is C=C(C)C(=O)NCC(C)OCCCC. The van der Waals surface area contributed by atoms with Crippen molar-refractivity contribution in [1.82, 2.24) is 5.32 Å². The Morgan fingerprint density at radius 1 is 1.57 bits per heavy atom. The molecule has 1 unspecified atom stereocenters. The van der Waals surface area contributed by atoms with Crippen molar-refractivity contribution >= 4 is 5.91 Å². The highest BCUT2D eigenvalue weighted by atomic mass is 16.5. The van der Waals surface area contributed by atoms with Crippen molar-refractivity contribution in [2.75, 3.05) is 13.2 Å². The van der Waals surface area contributed by atoms with Crippen molar-refractivity contribution in [2.45, 2.75) is 39.7 Å². The van der Waals surface area contributed by atoms with E-state index in [1.54, 1.807) is 6.92 Å². The second kappa shape index (κ2) is 7.56. The number of hydrogen-bond donors (Lipinski definition) is 1. The van der Waals surface area contributed by atoms with Gasteiger partial charge in [-0.3, -0.25) is 4.79 Å². The smallest absolute Gasteiger partial charge is 0.246 e. The standard InChI is InChI=1S/C11H21NO2/c1-5-6-7-14-10(4)8-12-11(13)9(2)3/h10H,2,5-8H2,1,3-4H3,(H,12,13). The Hall–Kier alpha value is -0.830. The molecule has 3 heteroatoms. The van der Waals surface area contributed by atoms with E-state index in [1.165, 1.54) is 0 Å². The summed E-state index contributed by atoms with van der Waals surface area (Å²) in [6.07, 6.45) is 2.27. The fourth-order valence-corrected chi connectivity index (χ4v) is 0.875. The summed E-state index contributed by atoms with van der Waals surface area (Å²) in [6, 6.07) is 0. The van der Waals surface area contributed by atoms with Crippen LogP contribution in [-0.4, -0.2) is 25.2 Å². The Balaban J connectivity index is 3.48. The molecule has 14 heavy (non-hydrogen) atoms. The van der Waals surface area contributed by atoms with Crippen LogP contribution in [0.4, 0.5) is 0 Å². The molecule has 0 aliphatic rings. The van der Waals surface area contributed by atoms with Crippen molar-refractivity contribution in [3.8, 4) is 0 Å². The Morgan fingerprint density at radius 2 is 2.21 bits per heavy atom. The monoisotopic (exact) mass is 199 g/mol. The summed E-state index contributed by atoms with van der Waals surface area (Å²) in [6.45, 7) is 10.6. The Bertz CT molecular complexity index is 190. The number of carbonyl (C=O) groups excluding carboxylic acids is 1. The third-order valence-corrected chi connectivity index (χ3v) is 1.84. The summed E-state index contributed by atoms with van der Waals surface area (Å²) in [4.78, 5) is 11.1. The first-order valence-corrected chi connectivity index (χ1v) is 5.13. The molecule has 0 heterocycles. The maximum Gasteiger partial charge on any atom is 0.246 e. The van der Waals surface area contributed by atoms with E-state index in [0.29, 0.717) is 12.1 Å². The predicted octanol–water partition coefficient (Wildman–Crippen LogP) is 1.88. The van der Waals surface area contributed by atoms with Crippen LogP contribution in [0.5, 0.6) is 0 Å². The van der Waals surface area contributed by atoms with Gasteiger partial charge in [0.05, 0.1) is 6.10 Å². The summed E-state index contributed by atoms with van der Waals surface area (Å²) in [5.41, 5.74) is 0.533. The van der Waals surface area contributed by atoms with E-state index in [4.69, 9.17) is 4.74 Å². The van der Waals surface area contributed by atoms with Crippen LogP contribution in [0.25, 0.3) is 0 Å². The Kier molecular flexibility index (Phi) is 7.11. The van der Waals surface area contributed by atoms with Crippen LogP contribution >= 0.6 is 0 Å². The molecule has 1 atom stereocenters. The second-order valence-corrected chi connectivity index (χ2v) is 3.53. The molecule has 0 radical (unpaired) electrons. The molecule has 0 spiro atoms. The maximum absolute atomic E-state index is 11.1. The van der Waals surface area contributed by atoms with E-state index in [-0.39, 0.29) is 12.0 Å². The highest BCUT2D eigenvalue weighted by Crippen LogP contribution is 1.94. The summed E-state index contributed by atoms with van der Waals surface area (Å²) in [7, 11) is 0. The lowest BCUT2D eigenvalue weighted by molar-refractivity contribution is -0.118. The van der Waals surface area contributed by atoms with Crippen molar-refractivity contribution in [2.24, 2.45) is 0 Å². The molecule has 82 valence electrons. The second-order valence-electron chi connectivity index (χ2n) is 3.53. The first kappa shape index (κ1) is 13.2. The largest absolute Gasteiger partial charge is 0.377 e. The van der Waals surface area contributed by atoms with Gasteiger partial charge >= 0.3 is 0 Å². The average Bonchev–Trinajstić information content (AvgIpc) is 2.14. The van der Waals surface area contributed by atoms with Gasteiger partial charge in [0.25, 0.3) is 0 Å². The van der Waals surface area contributed by atoms with Crippen molar-refractivity contribution in [1.29, 1.82) is 0 Å². The van der Waals surface area contributed by atoms with Crippen LogP contribution in [0, 0.1) is 0 Å². The molecule has 0 bridgehead atoms. The zero-order valence-corrected chi connectivity index (χ0v) is 9.43. The molecule has 1 amide bonds. The minimum atomic E-state index is -0.101. The van der Waals surface area contributed by atoms with E-state index in [0.717, 1.165) is 19.4 Å². The van der Waals surface area contributed by atoms with Gasteiger partial charge < -0.3 is 10.1 Å². The van der Waals surface area contributed by atoms with Crippen molar-refractivity contribution < 1.29 is 9.53 Å². The maximum atomic E-state index is 11.1. The number of ether oxygens (including phenoxy) is 1. The molecule has 0 aromatic rings. The van der Waals surface area contributed by atoms with Gasteiger partial charge in [0, 0.05) is 18.7 Å². The molecular weight excluding hydrogens is 178 g/mol. The minimum Gasteiger partial charge on any atom is -0.377 e. The van der Waals surface area contributed by atoms with Crippen LogP contribution in [0.2, 0.25) is 0 Å². The summed E-state index contributed by atoms with van der Waals surface area (Å²) in [5, 5.41) is 2.75. The van der Waals surface area contributed by atoms with Gasteiger partial charge in [0.2, 0.25) is 5.91 Å². The molecule has 0 aromatic carbocycles. The Labute approximate surface area is 86.5 Å². The molecule has 0 aromatic heterocycles. The molecule has 0 aliphatic carbocycles. The number of rotatable bonds is 7. The van der Waals surface area contributed by atoms with Crippen LogP contribution in [-0.2, 0) is 9.53 Å². The normalized spacial score (nSPS) is 12.2. The molecule has 1 N–H and O–H groups in total. The molecule has 0 saturated carbocycles. The fourth-order valence-electron chi connectivity index (χ4n) is 0.875. The lowest BCUT2D eigenvalue weighted by atomic mass is 10.3. The van der Waals surface area contributed by atoms with Gasteiger partial charge in [-0.05, 0) is 20.3 Å². The zero-order valence-electron chi connectivity index (χ0n) is 9.43. The van der Waals surface area contributed by atoms with Crippen LogP contribution in [0.15, 0.2) is 12.2 Å². The number of amides is 1. The first-order chi connectivity index (χ1) is 6.57. The highest BCUT2D eigenvalue weighted by molar-refractivity contribution is 5.92. The van der Waals surface area contributed by atoms with Crippen LogP contribution in [0.1, 0.15) is 33.6 Å². The van der Waals surface area contributed by atoms with Crippen molar-refractivity contribution in [3.05, 3.63) is 12.2 Å². The van der Waals surface area contributed by atoms with Gasteiger partial charge in [-0.15, -0.1) is 0 Å². The van der Waals surface area contributed by atoms with Crippen LogP contribution in [0.3, 0.4) is 0 Å². The van der Waals surface area contributed by atoms with E-state index in [9.17, 15) is 4.79 Å². The molecule has 0 rings (SSSR count). The third-order valence-electron chi connectivity index (χ3n) is 1.84. The average molecular weight is 199 g/mol. The van der Waals surface area contributed by atoms with Crippen molar-refractivity contribution in [3.63, 3.8) is 0 Å². The number of nitrogens with one attached hydrogen (secondary N) is 1. The van der Waals surface area contributed by atoms with E-state index < -0.39 is 0 Å². The van der Waals surface area contributed by atoms with Gasteiger partial charge in [-0.1, -0.05) is 19.9 Å².